The first-order chi connectivity index (χ1) is 7.70. The molecule has 0 aliphatic carbocycles. The number of ketones is 1. The molecule has 0 aliphatic rings. The van der Waals surface area contributed by atoms with E-state index in [1.807, 2.05) is 0 Å². The second kappa shape index (κ2) is 4.92. The lowest BCUT2D eigenvalue weighted by molar-refractivity contribution is -0.0885. The molecule has 1 aromatic rings. The molecule has 0 atom stereocenters. The zero-order valence-electron chi connectivity index (χ0n) is 8.16. The molecule has 1 aromatic carbocycles. The molecule has 0 radical (unpaired) electrons. The Morgan fingerprint density at radius 2 is 1.76 bits per heavy atom. The van der Waals surface area contributed by atoms with Crippen molar-refractivity contribution < 1.29 is 22.7 Å². The molecule has 0 amide bonds. The zero-order valence-corrected chi connectivity index (χ0v) is 10.4. The van der Waals surface area contributed by atoms with Crippen LogP contribution in [0.25, 0.3) is 0 Å². The van der Waals surface area contributed by atoms with Crippen molar-refractivity contribution in [3.05, 3.63) is 26.7 Å². The van der Waals surface area contributed by atoms with Crippen LogP contribution in [-0.4, -0.2) is 19.1 Å². The molecule has 17 heavy (non-hydrogen) atoms. The molecule has 94 valence electrons. The van der Waals surface area contributed by atoms with Crippen molar-refractivity contribution in [1.82, 2.24) is 0 Å². The van der Waals surface area contributed by atoms with Gasteiger partial charge < -0.3 is 4.74 Å². The van der Waals surface area contributed by atoms with Crippen LogP contribution in [-0.2, 0) is 0 Å². The smallest absolute Gasteiger partial charge is 0.454 e. The lowest BCUT2D eigenvalue weighted by Gasteiger charge is -2.13. The van der Waals surface area contributed by atoms with Crippen LogP contribution < -0.4 is 4.74 Å². The highest BCUT2D eigenvalue weighted by Gasteiger charge is 2.42. The van der Waals surface area contributed by atoms with Crippen LogP contribution in [0.1, 0.15) is 10.4 Å². The Labute approximate surface area is 109 Å². The molecule has 0 N–H and O–H groups in total. The average Bonchev–Trinajstić information content (AvgIpc) is 2.15. The summed E-state index contributed by atoms with van der Waals surface area (Å²) < 4.78 is 41.6. The van der Waals surface area contributed by atoms with Gasteiger partial charge in [-0.3, -0.25) is 4.79 Å². The summed E-state index contributed by atoms with van der Waals surface area (Å²) >= 11 is 16.8. The van der Waals surface area contributed by atoms with E-state index in [2.05, 4.69) is 0 Å². The predicted molar refractivity (Wildman–Crippen MR) is 58.4 cm³/mol. The van der Waals surface area contributed by atoms with Crippen LogP contribution in [0.4, 0.5) is 13.2 Å². The van der Waals surface area contributed by atoms with E-state index in [0.717, 1.165) is 13.2 Å². The molecule has 0 unspecified atom stereocenters. The molecule has 0 heterocycles. The van der Waals surface area contributed by atoms with E-state index in [4.69, 9.17) is 39.5 Å². The van der Waals surface area contributed by atoms with Gasteiger partial charge in [0.1, 0.15) is 0 Å². The van der Waals surface area contributed by atoms with E-state index in [-0.39, 0.29) is 10.8 Å². The van der Waals surface area contributed by atoms with E-state index in [1.165, 1.54) is 0 Å². The molecular formula is C9H4Cl3F3O2. The van der Waals surface area contributed by atoms with Crippen LogP contribution in [0.2, 0.25) is 15.1 Å². The molecule has 0 bridgehead atoms. The van der Waals surface area contributed by atoms with Crippen LogP contribution in [0, 0.1) is 0 Å². The van der Waals surface area contributed by atoms with E-state index in [1.54, 1.807) is 0 Å². The fourth-order valence-corrected chi connectivity index (χ4v) is 2.20. The lowest BCUT2D eigenvalue weighted by Crippen LogP contribution is -2.23. The molecule has 0 fully saturated rings. The SMILES string of the molecule is COc1c(Cl)cc(Cl)c(C(=O)C(F)(F)F)c1Cl. The molecule has 1 rings (SSSR count). The van der Waals surface area contributed by atoms with Gasteiger partial charge in [-0.1, -0.05) is 34.8 Å². The Kier molecular flexibility index (Phi) is 4.17. The van der Waals surface area contributed by atoms with Crippen molar-refractivity contribution in [1.29, 1.82) is 0 Å². The van der Waals surface area contributed by atoms with E-state index < -0.39 is 27.6 Å². The average molecular weight is 307 g/mol. The van der Waals surface area contributed by atoms with Crippen molar-refractivity contribution in [2.45, 2.75) is 6.18 Å². The van der Waals surface area contributed by atoms with Gasteiger partial charge in [0, 0.05) is 0 Å². The number of ether oxygens (including phenoxy) is 1. The van der Waals surface area contributed by atoms with Crippen molar-refractivity contribution in [3.8, 4) is 5.75 Å². The highest BCUT2D eigenvalue weighted by Crippen LogP contribution is 2.41. The van der Waals surface area contributed by atoms with Crippen LogP contribution >= 0.6 is 34.8 Å². The number of carbonyl (C=O) groups is 1. The topological polar surface area (TPSA) is 26.3 Å². The molecule has 8 heteroatoms. The van der Waals surface area contributed by atoms with Crippen LogP contribution in [0.15, 0.2) is 6.07 Å². The fraction of sp³-hybridized carbons (Fsp3) is 0.222. The number of Topliss-reactive ketones (excluding diaryl/α,β-unsaturated/α-hetero) is 1. The third-order valence-corrected chi connectivity index (χ3v) is 2.76. The maximum absolute atomic E-state index is 12.3. The molecular weight excluding hydrogens is 303 g/mol. The summed E-state index contributed by atoms with van der Waals surface area (Å²) in [6, 6.07) is 0.965. The minimum atomic E-state index is -5.08. The minimum Gasteiger partial charge on any atom is -0.494 e. The molecule has 0 spiro atoms. The summed E-state index contributed by atoms with van der Waals surface area (Å²) in [6.07, 6.45) is -5.08. The van der Waals surface area contributed by atoms with Crippen LogP contribution in [0.5, 0.6) is 5.75 Å². The third kappa shape index (κ3) is 2.78. The monoisotopic (exact) mass is 306 g/mol. The van der Waals surface area contributed by atoms with E-state index in [9.17, 15) is 18.0 Å². The van der Waals surface area contributed by atoms with E-state index in [0.29, 0.717) is 0 Å². The normalized spacial score (nSPS) is 11.5. The number of carbonyl (C=O) groups excluding carboxylic acids is 1. The predicted octanol–water partition coefficient (Wildman–Crippen LogP) is 4.40. The number of methoxy groups -OCH3 is 1. The summed E-state index contributed by atoms with van der Waals surface area (Å²) in [5.74, 6) is -2.38. The zero-order chi connectivity index (χ0) is 13.4. The van der Waals surface area contributed by atoms with Crippen molar-refractivity contribution in [2.24, 2.45) is 0 Å². The highest BCUT2D eigenvalue weighted by molar-refractivity contribution is 6.44. The Bertz CT molecular complexity index is 472. The lowest BCUT2D eigenvalue weighted by atomic mass is 10.1. The first kappa shape index (κ1) is 14.4. The minimum absolute atomic E-state index is 0.0822. The summed E-state index contributed by atoms with van der Waals surface area (Å²) in [6.45, 7) is 0. The number of hydrogen-bond acceptors (Lipinski definition) is 2. The molecule has 0 aliphatic heterocycles. The van der Waals surface area contributed by atoms with Crippen molar-refractivity contribution >= 4 is 40.6 Å². The third-order valence-electron chi connectivity index (χ3n) is 1.82. The largest absolute Gasteiger partial charge is 0.494 e. The van der Waals surface area contributed by atoms with Gasteiger partial charge in [-0.25, -0.2) is 0 Å². The Morgan fingerprint density at radius 1 is 1.24 bits per heavy atom. The first-order valence-electron chi connectivity index (χ1n) is 4.03. The maximum Gasteiger partial charge on any atom is 0.454 e. The fourth-order valence-electron chi connectivity index (χ4n) is 1.11. The Balaban J connectivity index is 3.50. The summed E-state index contributed by atoms with van der Waals surface area (Å²) in [5, 5.41) is -1.13. The highest BCUT2D eigenvalue weighted by atomic mass is 35.5. The van der Waals surface area contributed by atoms with Crippen molar-refractivity contribution in [3.63, 3.8) is 0 Å². The summed E-state index contributed by atoms with van der Waals surface area (Å²) in [5.41, 5.74) is -0.873. The van der Waals surface area contributed by atoms with Crippen molar-refractivity contribution in [2.75, 3.05) is 7.11 Å². The second-order valence-electron chi connectivity index (χ2n) is 2.89. The second-order valence-corrected chi connectivity index (χ2v) is 4.08. The summed E-state index contributed by atoms with van der Waals surface area (Å²) in [7, 11) is 1.16. The number of halogens is 6. The number of hydrogen-bond donors (Lipinski definition) is 0. The molecule has 0 aromatic heterocycles. The quantitative estimate of drug-likeness (QED) is 0.757. The molecule has 0 saturated carbocycles. The van der Waals surface area contributed by atoms with Gasteiger partial charge in [0.05, 0.1) is 27.7 Å². The van der Waals surface area contributed by atoms with Gasteiger partial charge in [-0.15, -0.1) is 0 Å². The molecule has 2 nitrogen and oxygen atoms in total. The standard InChI is InChI=1S/C9H4Cl3F3O2/c1-17-7-4(11)2-3(10)5(6(7)12)8(16)9(13,14)15/h2H,1H3. The van der Waals surface area contributed by atoms with Crippen LogP contribution in [0.3, 0.4) is 0 Å². The number of alkyl halides is 3. The van der Waals surface area contributed by atoms with Gasteiger partial charge in [0.15, 0.2) is 5.75 Å². The Morgan fingerprint density at radius 3 is 2.18 bits per heavy atom. The van der Waals surface area contributed by atoms with Gasteiger partial charge in [0.25, 0.3) is 5.78 Å². The summed E-state index contributed by atoms with van der Waals surface area (Å²) in [4.78, 5) is 11.1. The van der Waals surface area contributed by atoms with Gasteiger partial charge >= 0.3 is 6.18 Å². The Hall–Kier alpha value is -0.650. The number of rotatable bonds is 2. The van der Waals surface area contributed by atoms with Gasteiger partial charge in [-0.05, 0) is 6.07 Å². The van der Waals surface area contributed by atoms with Gasteiger partial charge in [0.2, 0.25) is 0 Å². The van der Waals surface area contributed by atoms with E-state index >= 15 is 0 Å². The first-order valence-corrected chi connectivity index (χ1v) is 5.16. The number of benzene rings is 1. The van der Waals surface area contributed by atoms with Gasteiger partial charge in [-0.2, -0.15) is 13.2 Å². The maximum atomic E-state index is 12.3. The molecule has 0 saturated heterocycles.